The van der Waals surface area contributed by atoms with Crippen LogP contribution in [-0.4, -0.2) is 38.2 Å². The number of piperidine rings is 1. The summed E-state index contributed by atoms with van der Waals surface area (Å²) in [4.78, 5) is 2.35. The Balaban J connectivity index is 2.02. The maximum Gasteiger partial charge on any atom is 0.131 e. The van der Waals surface area contributed by atoms with Crippen LogP contribution in [0.15, 0.2) is 18.2 Å². The monoisotopic (exact) mass is 280 g/mol. The second kappa shape index (κ2) is 6.55. The largest absolute Gasteiger partial charge is 0.497 e. The van der Waals surface area contributed by atoms with Gasteiger partial charge in [-0.3, -0.25) is 0 Å². The molecule has 1 aromatic carbocycles. The van der Waals surface area contributed by atoms with Crippen LogP contribution in [-0.2, 0) is 0 Å². The van der Waals surface area contributed by atoms with Crippen LogP contribution >= 0.6 is 0 Å². The number of hydrogen-bond donors (Lipinski definition) is 1. The van der Waals surface area contributed by atoms with Gasteiger partial charge >= 0.3 is 0 Å². The van der Waals surface area contributed by atoms with Gasteiger partial charge in [-0.25, -0.2) is 4.39 Å². The Labute approximate surface area is 121 Å². The van der Waals surface area contributed by atoms with E-state index in [-0.39, 0.29) is 11.9 Å². The Morgan fingerprint density at radius 2 is 2.20 bits per heavy atom. The summed E-state index contributed by atoms with van der Waals surface area (Å²) in [5.41, 5.74) is 0.705. The zero-order valence-electron chi connectivity index (χ0n) is 12.8. The minimum absolute atomic E-state index is 0.0109. The van der Waals surface area contributed by atoms with Crippen LogP contribution in [0.2, 0.25) is 0 Å². The van der Waals surface area contributed by atoms with Crippen LogP contribution < -0.4 is 10.1 Å². The van der Waals surface area contributed by atoms with Gasteiger partial charge in [-0.15, -0.1) is 0 Å². The molecule has 3 atom stereocenters. The molecule has 0 radical (unpaired) electrons. The predicted molar refractivity (Wildman–Crippen MR) is 79.6 cm³/mol. The van der Waals surface area contributed by atoms with E-state index in [0.29, 0.717) is 23.3 Å². The van der Waals surface area contributed by atoms with Gasteiger partial charge in [0.25, 0.3) is 0 Å². The molecule has 0 aromatic heterocycles. The van der Waals surface area contributed by atoms with E-state index in [1.54, 1.807) is 7.11 Å². The fourth-order valence-electron chi connectivity index (χ4n) is 3.00. The van der Waals surface area contributed by atoms with Crippen molar-refractivity contribution in [2.45, 2.75) is 32.4 Å². The van der Waals surface area contributed by atoms with Crippen LogP contribution in [0.3, 0.4) is 0 Å². The fourth-order valence-corrected chi connectivity index (χ4v) is 3.00. The van der Waals surface area contributed by atoms with Gasteiger partial charge in [0.1, 0.15) is 11.6 Å². The van der Waals surface area contributed by atoms with Gasteiger partial charge in [-0.1, -0.05) is 13.0 Å². The summed E-state index contributed by atoms with van der Waals surface area (Å²) >= 11 is 0. The van der Waals surface area contributed by atoms with Crippen molar-refractivity contribution in [1.29, 1.82) is 0 Å². The number of benzene rings is 1. The lowest BCUT2D eigenvalue weighted by atomic mass is 9.92. The minimum Gasteiger partial charge on any atom is -0.497 e. The normalized spacial score (nSPS) is 25.4. The molecule has 1 aliphatic rings. The molecule has 0 bridgehead atoms. The van der Waals surface area contributed by atoms with Crippen molar-refractivity contribution >= 4 is 0 Å². The zero-order chi connectivity index (χ0) is 14.7. The molecule has 0 spiro atoms. The number of rotatable bonds is 4. The zero-order valence-corrected chi connectivity index (χ0v) is 12.8. The molecule has 1 N–H and O–H groups in total. The number of hydrogen-bond acceptors (Lipinski definition) is 3. The van der Waals surface area contributed by atoms with E-state index < -0.39 is 0 Å². The summed E-state index contributed by atoms with van der Waals surface area (Å²) in [5.74, 6) is 0.938. The molecule has 3 unspecified atom stereocenters. The Bertz CT molecular complexity index is 452. The molecule has 0 saturated carbocycles. The van der Waals surface area contributed by atoms with Gasteiger partial charge < -0.3 is 15.0 Å². The lowest BCUT2D eigenvalue weighted by Crippen LogP contribution is -2.47. The first-order valence-corrected chi connectivity index (χ1v) is 7.29. The molecule has 0 aliphatic carbocycles. The van der Waals surface area contributed by atoms with E-state index in [1.807, 2.05) is 19.1 Å². The summed E-state index contributed by atoms with van der Waals surface area (Å²) in [6.45, 7) is 6.47. The van der Waals surface area contributed by atoms with E-state index in [2.05, 4.69) is 24.2 Å². The summed E-state index contributed by atoms with van der Waals surface area (Å²) in [6.07, 6.45) is 1.11. The van der Waals surface area contributed by atoms with E-state index in [9.17, 15) is 4.39 Å². The molecule has 1 aliphatic heterocycles. The van der Waals surface area contributed by atoms with Crippen LogP contribution in [0.5, 0.6) is 5.75 Å². The first-order valence-electron chi connectivity index (χ1n) is 7.29. The van der Waals surface area contributed by atoms with E-state index in [0.717, 1.165) is 19.5 Å². The molecule has 1 fully saturated rings. The molecular weight excluding hydrogens is 255 g/mol. The predicted octanol–water partition coefficient (Wildman–Crippen LogP) is 2.83. The molecule has 20 heavy (non-hydrogen) atoms. The summed E-state index contributed by atoms with van der Waals surface area (Å²) in [5, 5.41) is 3.58. The van der Waals surface area contributed by atoms with E-state index in [4.69, 9.17) is 4.74 Å². The van der Waals surface area contributed by atoms with Gasteiger partial charge in [0.05, 0.1) is 7.11 Å². The molecule has 4 heteroatoms. The van der Waals surface area contributed by atoms with Crippen LogP contribution in [0, 0.1) is 11.7 Å². The maximum absolute atomic E-state index is 14.1. The number of nitrogens with one attached hydrogen (secondary N) is 1. The number of likely N-dealkylation sites (tertiary alicyclic amines) is 1. The quantitative estimate of drug-likeness (QED) is 0.918. The summed E-state index contributed by atoms with van der Waals surface area (Å²) < 4.78 is 19.1. The van der Waals surface area contributed by atoms with E-state index >= 15 is 0 Å². The lowest BCUT2D eigenvalue weighted by molar-refractivity contribution is 0.167. The summed E-state index contributed by atoms with van der Waals surface area (Å²) in [6, 6.07) is 5.53. The van der Waals surface area contributed by atoms with Crippen LogP contribution in [0.1, 0.15) is 31.9 Å². The molecule has 1 saturated heterocycles. The Morgan fingerprint density at radius 1 is 1.45 bits per heavy atom. The summed E-state index contributed by atoms with van der Waals surface area (Å²) in [7, 11) is 3.70. The van der Waals surface area contributed by atoms with Gasteiger partial charge in [0.15, 0.2) is 0 Å². The van der Waals surface area contributed by atoms with Crippen LogP contribution in [0.4, 0.5) is 4.39 Å². The Kier molecular flexibility index (Phi) is 5.00. The van der Waals surface area contributed by atoms with Crippen molar-refractivity contribution in [3.05, 3.63) is 29.6 Å². The topological polar surface area (TPSA) is 24.5 Å². The number of nitrogens with zero attached hydrogens (tertiary/aromatic N) is 1. The second-order valence-electron chi connectivity index (χ2n) is 5.91. The minimum atomic E-state index is -0.204. The van der Waals surface area contributed by atoms with Crippen molar-refractivity contribution in [3.63, 3.8) is 0 Å². The smallest absolute Gasteiger partial charge is 0.131 e. The van der Waals surface area contributed by atoms with Crippen molar-refractivity contribution in [2.24, 2.45) is 5.92 Å². The third-order valence-corrected chi connectivity index (χ3v) is 4.25. The van der Waals surface area contributed by atoms with Gasteiger partial charge in [0, 0.05) is 30.3 Å². The van der Waals surface area contributed by atoms with E-state index in [1.165, 1.54) is 6.07 Å². The van der Waals surface area contributed by atoms with Crippen molar-refractivity contribution in [1.82, 2.24) is 10.2 Å². The third kappa shape index (κ3) is 3.49. The molecule has 0 amide bonds. The highest BCUT2D eigenvalue weighted by Gasteiger charge is 2.26. The van der Waals surface area contributed by atoms with Gasteiger partial charge in [-0.2, -0.15) is 0 Å². The second-order valence-corrected chi connectivity index (χ2v) is 5.91. The molecule has 1 aromatic rings. The number of methoxy groups -OCH3 is 1. The highest BCUT2D eigenvalue weighted by atomic mass is 19.1. The molecule has 1 heterocycles. The Hall–Kier alpha value is -1.13. The first kappa shape index (κ1) is 15.3. The first-order chi connectivity index (χ1) is 9.51. The lowest BCUT2D eigenvalue weighted by Gasteiger charge is -2.37. The van der Waals surface area contributed by atoms with Crippen molar-refractivity contribution in [2.75, 3.05) is 27.2 Å². The Morgan fingerprint density at radius 3 is 2.80 bits per heavy atom. The maximum atomic E-state index is 14.1. The van der Waals surface area contributed by atoms with Crippen molar-refractivity contribution in [3.8, 4) is 5.75 Å². The molecule has 2 rings (SSSR count). The average Bonchev–Trinajstić information content (AvgIpc) is 2.41. The fraction of sp³-hybridized carbons (Fsp3) is 0.625. The SMILES string of the molecule is COc1ccc(C(C)NC2CCN(C)CC2C)c(F)c1. The molecule has 3 nitrogen and oxygen atoms in total. The number of halogens is 1. The molecular formula is C16H25FN2O. The highest BCUT2D eigenvalue weighted by Crippen LogP contribution is 2.24. The average molecular weight is 280 g/mol. The number of ether oxygens (including phenoxy) is 1. The highest BCUT2D eigenvalue weighted by molar-refractivity contribution is 5.30. The standard InChI is InChI=1S/C16H25FN2O/c1-11-10-19(3)8-7-16(11)18-12(2)14-6-5-13(20-4)9-15(14)17/h5-6,9,11-12,16,18H,7-8,10H2,1-4H3. The molecule has 112 valence electrons. The van der Waals surface area contributed by atoms with Gasteiger partial charge in [-0.05, 0) is 38.9 Å². The van der Waals surface area contributed by atoms with Crippen LogP contribution in [0.25, 0.3) is 0 Å². The van der Waals surface area contributed by atoms with Crippen molar-refractivity contribution < 1.29 is 9.13 Å². The van der Waals surface area contributed by atoms with Gasteiger partial charge in [0.2, 0.25) is 0 Å². The third-order valence-electron chi connectivity index (χ3n) is 4.25.